The number of rotatable bonds is 6. The largest absolute Gasteiger partial charge is 0.489 e. The van der Waals surface area contributed by atoms with Gasteiger partial charge in [0, 0.05) is 6.61 Å². The highest BCUT2D eigenvalue weighted by atomic mass is 16.5. The van der Waals surface area contributed by atoms with E-state index in [9.17, 15) is 5.11 Å². The van der Waals surface area contributed by atoms with Crippen LogP contribution in [0.4, 0.5) is 0 Å². The number of benzene rings is 2. The number of aliphatic hydroxyl groups excluding tert-OH is 1. The second-order valence-corrected chi connectivity index (χ2v) is 5.76. The number of aryl methyl sites for hydroxylation is 1. The zero-order chi connectivity index (χ0) is 15.2. The van der Waals surface area contributed by atoms with Crippen molar-refractivity contribution in [3.63, 3.8) is 0 Å². The van der Waals surface area contributed by atoms with E-state index in [1.165, 1.54) is 16.7 Å². The molecule has 0 heterocycles. The highest BCUT2D eigenvalue weighted by molar-refractivity contribution is 5.34. The van der Waals surface area contributed by atoms with Gasteiger partial charge in [0.1, 0.15) is 12.4 Å². The predicted octanol–water partition coefficient (Wildman–Crippen LogP) is 4.23. The van der Waals surface area contributed by atoms with Crippen molar-refractivity contribution in [3.05, 3.63) is 64.7 Å². The smallest absolute Gasteiger partial charge is 0.119 e. The van der Waals surface area contributed by atoms with Crippen LogP contribution in [0.5, 0.6) is 5.75 Å². The maximum atomic E-state index is 9.22. The summed E-state index contributed by atoms with van der Waals surface area (Å²) in [5, 5.41) is 9.22. The molecule has 0 atom stereocenters. The third-order valence-corrected chi connectivity index (χ3v) is 3.64. The Morgan fingerprint density at radius 2 is 1.76 bits per heavy atom. The van der Waals surface area contributed by atoms with E-state index < -0.39 is 0 Å². The lowest BCUT2D eigenvalue weighted by Gasteiger charge is -2.14. The summed E-state index contributed by atoms with van der Waals surface area (Å²) in [7, 11) is 0. The molecule has 0 aliphatic carbocycles. The van der Waals surface area contributed by atoms with E-state index in [-0.39, 0.29) is 6.61 Å². The average molecular weight is 284 g/mol. The number of hydrogen-bond donors (Lipinski definition) is 1. The molecule has 2 aromatic carbocycles. The minimum absolute atomic E-state index is 0.183. The highest BCUT2D eigenvalue weighted by Crippen LogP contribution is 2.22. The van der Waals surface area contributed by atoms with Gasteiger partial charge >= 0.3 is 0 Å². The Hall–Kier alpha value is -1.80. The van der Waals surface area contributed by atoms with Crippen LogP contribution in [0.3, 0.4) is 0 Å². The lowest BCUT2D eigenvalue weighted by atomic mass is 9.94. The van der Waals surface area contributed by atoms with E-state index in [4.69, 9.17) is 4.74 Å². The van der Waals surface area contributed by atoms with Crippen molar-refractivity contribution in [1.82, 2.24) is 0 Å². The van der Waals surface area contributed by atoms with Crippen molar-refractivity contribution >= 4 is 0 Å². The van der Waals surface area contributed by atoms with Crippen molar-refractivity contribution in [3.8, 4) is 5.75 Å². The molecule has 2 rings (SSSR count). The van der Waals surface area contributed by atoms with Gasteiger partial charge < -0.3 is 9.84 Å². The number of ether oxygens (including phenoxy) is 1. The van der Waals surface area contributed by atoms with Crippen LogP contribution in [0.2, 0.25) is 0 Å². The number of aliphatic hydroxyl groups is 1. The van der Waals surface area contributed by atoms with Gasteiger partial charge in [-0.3, -0.25) is 0 Å². The van der Waals surface area contributed by atoms with Crippen LogP contribution in [0.1, 0.15) is 42.0 Å². The highest BCUT2D eigenvalue weighted by Gasteiger charge is 2.08. The molecule has 2 aromatic rings. The molecular weight excluding hydrogens is 260 g/mol. The summed E-state index contributed by atoms with van der Waals surface area (Å²) >= 11 is 0. The first-order valence-electron chi connectivity index (χ1n) is 7.52. The summed E-state index contributed by atoms with van der Waals surface area (Å²) in [4.78, 5) is 0. The monoisotopic (exact) mass is 284 g/mol. The zero-order valence-corrected chi connectivity index (χ0v) is 13.1. The zero-order valence-electron chi connectivity index (χ0n) is 13.1. The quantitative estimate of drug-likeness (QED) is 0.860. The fourth-order valence-corrected chi connectivity index (χ4v) is 2.45. The Kier molecular flexibility index (Phi) is 5.40. The number of hydrogen-bond acceptors (Lipinski definition) is 2. The topological polar surface area (TPSA) is 29.5 Å². The van der Waals surface area contributed by atoms with Gasteiger partial charge in [-0.25, -0.2) is 0 Å². The summed E-state index contributed by atoms with van der Waals surface area (Å²) in [5.74, 6) is 1.36. The van der Waals surface area contributed by atoms with Crippen LogP contribution in [0.25, 0.3) is 0 Å². The lowest BCUT2D eigenvalue weighted by molar-refractivity contribution is 0.297. The summed E-state index contributed by atoms with van der Waals surface area (Å²) in [6, 6.07) is 14.5. The molecule has 0 spiro atoms. The summed E-state index contributed by atoms with van der Waals surface area (Å²) in [5.41, 5.74) is 4.90. The molecule has 0 fully saturated rings. The van der Waals surface area contributed by atoms with Gasteiger partial charge in [-0.05, 0) is 48.1 Å². The Balaban J connectivity index is 2.09. The average Bonchev–Trinajstić information content (AvgIpc) is 2.47. The maximum absolute atomic E-state index is 9.22. The molecule has 0 amide bonds. The predicted molar refractivity (Wildman–Crippen MR) is 86.8 cm³/mol. The Labute approximate surface area is 127 Å². The molecular formula is C19H24O2. The molecule has 0 aromatic heterocycles. The third-order valence-electron chi connectivity index (χ3n) is 3.64. The molecule has 21 heavy (non-hydrogen) atoms. The molecule has 0 saturated heterocycles. The molecule has 0 aliphatic heterocycles. The molecule has 0 bridgehead atoms. The van der Waals surface area contributed by atoms with E-state index >= 15 is 0 Å². The van der Waals surface area contributed by atoms with Crippen molar-refractivity contribution in [2.45, 2.75) is 39.7 Å². The standard InChI is InChI=1S/C19H24O2/c1-14(2)19-9-6-16(12-17(19)10-11-20)13-21-18-7-4-15(3)5-8-18/h4-9,12,14,20H,10-11,13H2,1-3H3. The molecule has 0 unspecified atom stereocenters. The van der Waals surface area contributed by atoms with Gasteiger partial charge in [-0.2, -0.15) is 0 Å². The normalized spacial score (nSPS) is 10.9. The van der Waals surface area contributed by atoms with Gasteiger partial charge in [0.2, 0.25) is 0 Å². The molecule has 0 aliphatic rings. The van der Waals surface area contributed by atoms with Crippen LogP contribution in [-0.4, -0.2) is 11.7 Å². The van der Waals surface area contributed by atoms with E-state index in [0.29, 0.717) is 18.9 Å². The second kappa shape index (κ2) is 7.28. The fourth-order valence-electron chi connectivity index (χ4n) is 2.45. The van der Waals surface area contributed by atoms with Gasteiger partial charge in [0.15, 0.2) is 0 Å². The van der Waals surface area contributed by atoms with Crippen LogP contribution in [0, 0.1) is 6.92 Å². The van der Waals surface area contributed by atoms with Crippen molar-refractivity contribution in [1.29, 1.82) is 0 Å². The fraction of sp³-hybridized carbons (Fsp3) is 0.368. The van der Waals surface area contributed by atoms with Crippen LogP contribution < -0.4 is 4.74 Å². The van der Waals surface area contributed by atoms with Gasteiger partial charge in [-0.15, -0.1) is 0 Å². The van der Waals surface area contributed by atoms with E-state index in [0.717, 1.165) is 11.3 Å². The Morgan fingerprint density at radius 3 is 2.38 bits per heavy atom. The molecule has 2 heteroatoms. The third kappa shape index (κ3) is 4.33. The van der Waals surface area contributed by atoms with E-state index in [2.05, 4.69) is 39.0 Å². The summed E-state index contributed by atoms with van der Waals surface area (Å²) in [6.07, 6.45) is 0.700. The van der Waals surface area contributed by atoms with Crippen LogP contribution in [-0.2, 0) is 13.0 Å². The van der Waals surface area contributed by atoms with Crippen LogP contribution >= 0.6 is 0 Å². The molecule has 1 N–H and O–H groups in total. The first-order valence-corrected chi connectivity index (χ1v) is 7.52. The molecule has 112 valence electrons. The molecule has 0 radical (unpaired) electrons. The molecule has 0 saturated carbocycles. The molecule has 2 nitrogen and oxygen atoms in total. The first-order chi connectivity index (χ1) is 10.1. The summed E-state index contributed by atoms with van der Waals surface area (Å²) in [6.45, 7) is 7.16. The van der Waals surface area contributed by atoms with E-state index in [1.807, 2.05) is 24.3 Å². The maximum Gasteiger partial charge on any atom is 0.119 e. The SMILES string of the molecule is Cc1ccc(OCc2ccc(C(C)C)c(CCO)c2)cc1. The van der Waals surface area contributed by atoms with Crippen molar-refractivity contribution in [2.75, 3.05) is 6.61 Å². The lowest BCUT2D eigenvalue weighted by Crippen LogP contribution is -2.03. The minimum atomic E-state index is 0.183. The van der Waals surface area contributed by atoms with Gasteiger partial charge in [0.05, 0.1) is 0 Å². The Bertz CT molecular complexity index is 571. The Morgan fingerprint density at radius 1 is 1.05 bits per heavy atom. The van der Waals surface area contributed by atoms with Gasteiger partial charge in [0.25, 0.3) is 0 Å². The summed E-state index contributed by atoms with van der Waals surface area (Å²) < 4.78 is 5.82. The van der Waals surface area contributed by atoms with Gasteiger partial charge in [-0.1, -0.05) is 49.7 Å². The minimum Gasteiger partial charge on any atom is -0.489 e. The van der Waals surface area contributed by atoms with Crippen molar-refractivity contribution < 1.29 is 9.84 Å². The van der Waals surface area contributed by atoms with Crippen molar-refractivity contribution in [2.24, 2.45) is 0 Å². The van der Waals surface area contributed by atoms with Crippen LogP contribution in [0.15, 0.2) is 42.5 Å². The first kappa shape index (κ1) is 15.6. The second-order valence-electron chi connectivity index (χ2n) is 5.76. The van der Waals surface area contributed by atoms with E-state index in [1.54, 1.807) is 0 Å².